The quantitative estimate of drug-likeness (QED) is 0.241. The number of hydrogen-bond acceptors (Lipinski definition) is 4. The minimum atomic E-state index is 0. The number of halogens is 1. The first kappa shape index (κ1) is 24.1. The summed E-state index contributed by atoms with van der Waals surface area (Å²) in [5.74, 6) is 2.64. The van der Waals surface area contributed by atoms with Crippen LogP contribution in [0.2, 0.25) is 0 Å². The molecule has 1 N–H and O–H groups in total. The summed E-state index contributed by atoms with van der Waals surface area (Å²) < 4.78 is 10.9. The lowest BCUT2D eigenvalue weighted by Gasteiger charge is -2.26. The summed E-state index contributed by atoms with van der Waals surface area (Å²) in [6.07, 6.45) is 4.87. The van der Waals surface area contributed by atoms with Gasteiger partial charge in [0.05, 0.1) is 19.5 Å². The third kappa shape index (κ3) is 7.50. The second-order valence-electron chi connectivity index (χ2n) is 8.11. The molecule has 0 aliphatic carbocycles. The van der Waals surface area contributed by atoms with Gasteiger partial charge < -0.3 is 19.4 Å². The van der Waals surface area contributed by atoms with Gasteiger partial charge in [0.2, 0.25) is 0 Å². The zero-order chi connectivity index (χ0) is 20.4. The van der Waals surface area contributed by atoms with E-state index in [0.29, 0.717) is 5.92 Å². The molecule has 1 aromatic heterocycles. The Bertz CT molecular complexity index is 763. The second kappa shape index (κ2) is 13.1. The van der Waals surface area contributed by atoms with Gasteiger partial charge in [-0.1, -0.05) is 30.3 Å². The Morgan fingerprint density at radius 3 is 2.68 bits per heavy atom. The first-order valence-electron chi connectivity index (χ1n) is 11.3. The van der Waals surface area contributed by atoms with Crippen molar-refractivity contribution in [3.63, 3.8) is 0 Å². The molecule has 0 saturated carbocycles. The Kier molecular flexibility index (Phi) is 10.2. The number of benzene rings is 1. The van der Waals surface area contributed by atoms with Gasteiger partial charge in [-0.15, -0.1) is 24.0 Å². The molecule has 2 aromatic rings. The molecular formula is C24H35IN4O2. The van der Waals surface area contributed by atoms with Crippen molar-refractivity contribution in [3.8, 4) is 0 Å². The largest absolute Gasteiger partial charge is 0.469 e. The lowest BCUT2D eigenvalue weighted by atomic mass is 9.99. The highest BCUT2D eigenvalue weighted by molar-refractivity contribution is 14.0. The molecule has 0 radical (unpaired) electrons. The van der Waals surface area contributed by atoms with E-state index in [0.717, 1.165) is 83.6 Å². The maximum absolute atomic E-state index is 5.47. The van der Waals surface area contributed by atoms with E-state index in [1.165, 1.54) is 12.0 Å². The molecule has 2 saturated heterocycles. The molecule has 4 rings (SSSR count). The van der Waals surface area contributed by atoms with Crippen LogP contribution in [0, 0.1) is 0 Å². The number of nitrogens with one attached hydrogen (secondary N) is 1. The maximum atomic E-state index is 5.47. The van der Waals surface area contributed by atoms with E-state index in [1.807, 2.05) is 12.1 Å². The van der Waals surface area contributed by atoms with E-state index >= 15 is 0 Å². The summed E-state index contributed by atoms with van der Waals surface area (Å²) in [6.45, 7) is 8.67. The Labute approximate surface area is 203 Å². The zero-order valence-corrected chi connectivity index (χ0v) is 20.6. The normalized spacial score (nSPS) is 19.9. The van der Waals surface area contributed by atoms with Gasteiger partial charge in [-0.25, -0.2) is 0 Å². The number of likely N-dealkylation sites (tertiary alicyclic amines) is 1. The van der Waals surface area contributed by atoms with Crippen LogP contribution in [0.5, 0.6) is 0 Å². The average molecular weight is 538 g/mol. The summed E-state index contributed by atoms with van der Waals surface area (Å²) in [5.41, 5.74) is 1.43. The Morgan fingerprint density at radius 2 is 1.90 bits per heavy atom. The molecule has 7 heteroatoms. The fourth-order valence-electron chi connectivity index (χ4n) is 4.27. The van der Waals surface area contributed by atoms with Crippen LogP contribution in [0.15, 0.2) is 58.1 Å². The molecule has 2 aliphatic rings. The van der Waals surface area contributed by atoms with Gasteiger partial charge in [-0.2, -0.15) is 0 Å². The first-order valence-corrected chi connectivity index (χ1v) is 11.3. The molecule has 0 spiro atoms. The van der Waals surface area contributed by atoms with E-state index in [-0.39, 0.29) is 24.0 Å². The van der Waals surface area contributed by atoms with Crippen LogP contribution in [0.25, 0.3) is 0 Å². The number of guanidine groups is 1. The van der Waals surface area contributed by atoms with Crippen molar-refractivity contribution < 1.29 is 9.15 Å². The fraction of sp³-hybridized carbons (Fsp3) is 0.542. The Morgan fingerprint density at radius 1 is 1.06 bits per heavy atom. The van der Waals surface area contributed by atoms with Crippen LogP contribution >= 0.6 is 24.0 Å². The van der Waals surface area contributed by atoms with Gasteiger partial charge in [-0.05, 0) is 30.5 Å². The number of hydrogen-bond donors (Lipinski definition) is 1. The Balaban J connectivity index is 0.00000272. The molecule has 2 fully saturated rings. The van der Waals surface area contributed by atoms with E-state index in [9.17, 15) is 0 Å². The van der Waals surface area contributed by atoms with Gasteiger partial charge in [0.25, 0.3) is 0 Å². The van der Waals surface area contributed by atoms with Gasteiger partial charge in [0.15, 0.2) is 5.96 Å². The number of furan rings is 1. The maximum Gasteiger partial charge on any atom is 0.193 e. The second-order valence-corrected chi connectivity index (χ2v) is 8.11. The van der Waals surface area contributed by atoms with Crippen LogP contribution in [0.1, 0.15) is 30.1 Å². The van der Waals surface area contributed by atoms with Crippen molar-refractivity contribution >= 4 is 29.9 Å². The monoisotopic (exact) mass is 538 g/mol. The molecule has 170 valence electrons. The summed E-state index contributed by atoms with van der Waals surface area (Å²) >= 11 is 0. The van der Waals surface area contributed by atoms with Crippen LogP contribution in [-0.2, 0) is 11.2 Å². The molecule has 1 atom stereocenters. The lowest BCUT2D eigenvalue weighted by molar-refractivity contribution is 0.0377. The highest BCUT2D eigenvalue weighted by Crippen LogP contribution is 2.26. The molecule has 6 nitrogen and oxygen atoms in total. The lowest BCUT2D eigenvalue weighted by Crippen LogP contribution is -2.41. The van der Waals surface area contributed by atoms with Crippen molar-refractivity contribution in [2.45, 2.75) is 25.2 Å². The zero-order valence-electron chi connectivity index (χ0n) is 18.2. The van der Waals surface area contributed by atoms with Crippen LogP contribution in [0.3, 0.4) is 0 Å². The fourth-order valence-corrected chi connectivity index (χ4v) is 4.27. The minimum absolute atomic E-state index is 0. The van der Waals surface area contributed by atoms with E-state index in [2.05, 4.69) is 45.4 Å². The molecule has 3 heterocycles. The van der Waals surface area contributed by atoms with Crippen molar-refractivity contribution in [3.05, 3.63) is 60.1 Å². The van der Waals surface area contributed by atoms with Gasteiger partial charge in [0, 0.05) is 58.2 Å². The van der Waals surface area contributed by atoms with Crippen LogP contribution < -0.4 is 5.32 Å². The third-order valence-corrected chi connectivity index (χ3v) is 5.99. The van der Waals surface area contributed by atoms with Crippen molar-refractivity contribution in [1.29, 1.82) is 0 Å². The highest BCUT2D eigenvalue weighted by Gasteiger charge is 2.26. The smallest absolute Gasteiger partial charge is 0.193 e. The minimum Gasteiger partial charge on any atom is -0.469 e. The van der Waals surface area contributed by atoms with E-state index < -0.39 is 0 Å². The average Bonchev–Trinajstić information content (AvgIpc) is 3.49. The third-order valence-electron chi connectivity index (χ3n) is 5.99. The van der Waals surface area contributed by atoms with Crippen LogP contribution in [0.4, 0.5) is 0 Å². The predicted octanol–water partition coefficient (Wildman–Crippen LogP) is 3.60. The topological polar surface area (TPSA) is 53.2 Å². The summed E-state index contributed by atoms with van der Waals surface area (Å²) in [6, 6.07) is 14.8. The number of rotatable bonds is 8. The van der Waals surface area contributed by atoms with Crippen LogP contribution in [-0.4, -0.2) is 74.8 Å². The predicted molar refractivity (Wildman–Crippen MR) is 135 cm³/mol. The Hall–Kier alpha value is -1.58. The summed E-state index contributed by atoms with van der Waals surface area (Å²) in [7, 11) is 0. The number of ether oxygens (including phenoxy) is 1. The molecule has 1 unspecified atom stereocenters. The van der Waals surface area contributed by atoms with E-state index in [4.69, 9.17) is 14.1 Å². The van der Waals surface area contributed by atoms with E-state index in [1.54, 1.807) is 6.26 Å². The molecule has 1 aromatic carbocycles. The standard InChI is InChI=1S/C24H34N4O2.HI/c1-2-6-21(7-3-1)22-10-14-28(20-22)24(26-12-9-23-8-4-17-30-23)25-11-5-13-27-15-18-29-19-16-27;/h1-4,6-8,17,22H,5,9-16,18-20H2,(H,25,26);1H. The number of aliphatic imine (C=N–C) groups is 1. The van der Waals surface area contributed by atoms with Gasteiger partial charge in [-0.3, -0.25) is 9.89 Å². The number of morpholine rings is 1. The summed E-state index contributed by atoms with van der Waals surface area (Å²) in [5, 5.41) is 3.59. The highest BCUT2D eigenvalue weighted by atomic mass is 127. The molecule has 31 heavy (non-hydrogen) atoms. The van der Waals surface area contributed by atoms with Crippen molar-refractivity contribution in [2.75, 3.05) is 59.0 Å². The number of nitrogens with zero attached hydrogens (tertiary/aromatic N) is 3. The SMILES string of the molecule is I.c1ccc(C2CCN(C(=NCCCN3CCOCC3)NCCc3ccco3)C2)cc1. The molecule has 0 amide bonds. The van der Waals surface area contributed by atoms with Crippen molar-refractivity contribution in [2.24, 2.45) is 4.99 Å². The van der Waals surface area contributed by atoms with Gasteiger partial charge in [0.1, 0.15) is 5.76 Å². The first-order chi connectivity index (χ1) is 14.9. The summed E-state index contributed by atoms with van der Waals surface area (Å²) in [4.78, 5) is 9.88. The molecular weight excluding hydrogens is 503 g/mol. The molecule has 0 bridgehead atoms. The van der Waals surface area contributed by atoms with Crippen molar-refractivity contribution in [1.82, 2.24) is 15.1 Å². The van der Waals surface area contributed by atoms with Gasteiger partial charge >= 0.3 is 0 Å². The molecule has 2 aliphatic heterocycles.